The van der Waals surface area contributed by atoms with Crippen LogP contribution in [0.4, 0.5) is 0 Å². The fraction of sp³-hybridized carbons (Fsp3) is 0.200. The second-order valence-corrected chi connectivity index (χ2v) is 15.3. The summed E-state index contributed by atoms with van der Waals surface area (Å²) in [6.45, 7) is 0.964. The van der Waals surface area contributed by atoms with Crippen molar-refractivity contribution in [2.45, 2.75) is 51.9 Å². The van der Waals surface area contributed by atoms with Crippen LogP contribution in [-0.4, -0.2) is 180 Å². The minimum Gasteiger partial charge on any atom is -0.478 e. The van der Waals surface area contributed by atoms with Gasteiger partial charge in [0.25, 0.3) is 0 Å². The van der Waals surface area contributed by atoms with Crippen molar-refractivity contribution in [3.63, 3.8) is 0 Å². The molecule has 0 saturated carbocycles. The number of aromatic carboxylic acids is 13. The fourth-order valence-electron chi connectivity index (χ4n) is 7.72. The quantitative estimate of drug-likeness (QED) is 0.0238. The Hall–Kier alpha value is -11.5. The second kappa shape index (κ2) is 24.7. The zero-order valence-corrected chi connectivity index (χ0v) is 39.0. The van der Waals surface area contributed by atoms with E-state index in [0.717, 1.165) is 12.8 Å². The standard InChI is InChI=1S/C45H32O34/c1-2-3-4-5-6-7-8-9-77-41(72)25-21(39(68)69)16(34(58)59)22(40(70)71)26(44(75)78-42(73)23-17(35(60)61)12(30(50)51)10(28(46)47)13(31(52)53)18(23)36(62)63)27(25)45(76)79-43(74)24-19(37(64)65)14(32(54)55)11(29(48)49)15(33(56)57)20(24)38(66)67/h2-9H2,1H3,(H,46,47)(H,48,49)(H,50,51)(H,52,53)(H,54,55)(H,56,57)(H,58,59)(H,60,61)(H,62,63)(H,64,65)(H,66,67)(H,68,69)(H,70,71). The first-order valence-electron chi connectivity index (χ1n) is 21.1. The van der Waals surface area contributed by atoms with Crippen LogP contribution in [0.25, 0.3) is 0 Å². The lowest BCUT2D eigenvalue weighted by Gasteiger charge is -2.21. The van der Waals surface area contributed by atoms with Crippen LogP contribution in [0.5, 0.6) is 0 Å². The molecule has 79 heavy (non-hydrogen) atoms. The number of ether oxygens (including phenoxy) is 3. The molecule has 0 atom stereocenters. The normalized spacial score (nSPS) is 10.5. The topological polar surface area (TPSA) is 598 Å². The number of benzene rings is 3. The maximum absolute atomic E-state index is 14.5. The van der Waals surface area contributed by atoms with Gasteiger partial charge in [0.1, 0.15) is 0 Å². The van der Waals surface area contributed by atoms with Crippen molar-refractivity contribution in [2.75, 3.05) is 6.61 Å². The zero-order valence-electron chi connectivity index (χ0n) is 39.0. The van der Waals surface area contributed by atoms with Crippen LogP contribution >= 0.6 is 0 Å². The molecular weight excluding hydrogens is 1080 g/mol. The summed E-state index contributed by atoms with van der Waals surface area (Å²) in [5, 5.41) is 130. The highest BCUT2D eigenvalue weighted by molar-refractivity contribution is 6.29. The third-order valence-electron chi connectivity index (χ3n) is 10.7. The Morgan fingerprint density at radius 1 is 0.228 bits per heavy atom. The number of carbonyl (C=O) groups is 18. The van der Waals surface area contributed by atoms with E-state index in [9.17, 15) is 153 Å². The molecule has 416 valence electrons. The highest BCUT2D eigenvalue weighted by Crippen LogP contribution is 2.36. The van der Waals surface area contributed by atoms with Gasteiger partial charge in [0.15, 0.2) is 0 Å². The van der Waals surface area contributed by atoms with Crippen LogP contribution in [0.1, 0.15) is 238 Å². The minimum atomic E-state index is -3.13. The summed E-state index contributed by atoms with van der Waals surface area (Å²) < 4.78 is 13.7. The minimum absolute atomic E-state index is 0.163. The molecule has 3 rings (SSSR count). The van der Waals surface area contributed by atoms with Gasteiger partial charge in [0.2, 0.25) is 0 Å². The molecule has 3 aromatic carbocycles. The van der Waals surface area contributed by atoms with Crippen LogP contribution in [0.3, 0.4) is 0 Å². The van der Waals surface area contributed by atoms with Crippen molar-refractivity contribution < 1.29 is 167 Å². The van der Waals surface area contributed by atoms with Crippen molar-refractivity contribution in [3.05, 3.63) is 100 Å². The molecule has 0 aliphatic carbocycles. The summed E-state index contributed by atoms with van der Waals surface area (Å²) in [6.07, 6.45) is 3.20. The molecule has 0 bridgehead atoms. The lowest BCUT2D eigenvalue weighted by Crippen LogP contribution is -2.33. The van der Waals surface area contributed by atoms with Gasteiger partial charge in [-0.15, -0.1) is 0 Å². The maximum atomic E-state index is 14.5. The average Bonchev–Trinajstić information content (AvgIpc) is 3.50. The molecule has 0 unspecified atom stereocenters. The van der Waals surface area contributed by atoms with Gasteiger partial charge < -0.3 is 80.6 Å². The molecule has 34 nitrogen and oxygen atoms in total. The fourth-order valence-corrected chi connectivity index (χ4v) is 7.72. The summed E-state index contributed by atoms with van der Waals surface area (Å²) in [4.78, 5) is 234. The first kappa shape index (κ1) is 61.8. The lowest BCUT2D eigenvalue weighted by molar-refractivity contribution is 0.0342. The third kappa shape index (κ3) is 12.2. The molecular formula is C45H32O34. The molecule has 0 saturated heterocycles. The highest BCUT2D eigenvalue weighted by atomic mass is 16.6. The number of carbonyl (C=O) groups excluding carboxylic acids is 5. The Balaban J connectivity index is 2.77. The smallest absolute Gasteiger partial charge is 0.347 e. The maximum Gasteiger partial charge on any atom is 0.347 e. The average molecular weight is 1120 g/mol. The van der Waals surface area contributed by atoms with E-state index < -0.39 is 214 Å². The predicted molar refractivity (Wildman–Crippen MR) is 238 cm³/mol. The van der Waals surface area contributed by atoms with Crippen molar-refractivity contribution in [3.8, 4) is 0 Å². The SMILES string of the molecule is CCCCCCCCCOC(=O)c1c(C(=O)O)c(C(=O)O)c(C(=O)O)c(C(=O)OC(=O)c2c(C(=O)O)c(C(=O)O)c(C(=O)O)c(C(=O)O)c2C(=O)O)c1C(=O)OC(=O)c1c(C(=O)O)c(C(=O)O)c(C(=O)O)c(C(=O)O)c1C(=O)O. The first-order chi connectivity index (χ1) is 36.6. The van der Waals surface area contributed by atoms with Gasteiger partial charge in [-0.3, -0.25) is 0 Å². The van der Waals surface area contributed by atoms with Gasteiger partial charge in [-0.05, 0) is 6.42 Å². The summed E-state index contributed by atoms with van der Waals surface area (Å²) in [5.74, 6) is -51.4. The number of carboxylic acid groups (broad SMARTS) is 13. The number of unbranched alkanes of at least 4 members (excludes halogenated alkanes) is 6. The van der Waals surface area contributed by atoms with E-state index in [2.05, 4.69) is 9.47 Å². The number of hydrogen-bond donors (Lipinski definition) is 13. The number of rotatable bonds is 26. The Morgan fingerprint density at radius 3 is 0.582 bits per heavy atom. The van der Waals surface area contributed by atoms with Crippen molar-refractivity contribution in [2.24, 2.45) is 0 Å². The number of hydrogen-bond acceptors (Lipinski definition) is 21. The van der Waals surface area contributed by atoms with E-state index >= 15 is 0 Å². The van der Waals surface area contributed by atoms with Gasteiger partial charge in [-0.25, -0.2) is 86.3 Å². The number of carboxylic acids is 13. The van der Waals surface area contributed by atoms with E-state index in [4.69, 9.17) is 4.74 Å². The first-order valence-corrected chi connectivity index (χ1v) is 21.1. The van der Waals surface area contributed by atoms with Crippen LogP contribution in [0.2, 0.25) is 0 Å². The molecule has 3 aromatic rings. The zero-order chi connectivity index (χ0) is 60.6. The molecule has 0 fully saturated rings. The van der Waals surface area contributed by atoms with Crippen molar-refractivity contribution in [1.29, 1.82) is 0 Å². The molecule has 0 aliphatic heterocycles. The van der Waals surface area contributed by atoms with Crippen LogP contribution in [-0.2, 0) is 14.2 Å². The summed E-state index contributed by atoms with van der Waals surface area (Å²) >= 11 is 0. The molecule has 34 heteroatoms. The predicted octanol–water partition coefficient (Wildman–Crippen LogP) is 2.67. The van der Waals surface area contributed by atoms with Gasteiger partial charge >= 0.3 is 107 Å². The Bertz CT molecular complexity index is 3260. The Morgan fingerprint density at radius 2 is 0.380 bits per heavy atom. The summed E-state index contributed by atoms with van der Waals surface area (Å²) in [6, 6.07) is 0. The Labute approximate surface area is 432 Å². The molecule has 0 spiro atoms. The lowest BCUT2D eigenvalue weighted by atomic mass is 9.85. The van der Waals surface area contributed by atoms with E-state index in [-0.39, 0.29) is 12.8 Å². The van der Waals surface area contributed by atoms with Crippen LogP contribution in [0, 0.1) is 0 Å². The van der Waals surface area contributed by atoms with Gasteiger partial charge in [-0.1, -0.05) is 45.4 Å². The molecule has 0 aliphatic rings. The monoisotopic (exact) mass is 1120 g/mol. The summed E-state index contributed by atoms with van der Waals surface area (Å²) in [5.41, 5.74) is -42.4. The second-order valence-electron chi connectivity index (χ2n) is 15.3. The van der Waals surface area contributed by atoms with Gasteiger partial charge in [0.05, 0.1) is 107 Å². The van der Waals surface area contributed by atoms with Crippen LogP contribution in [0.15, 0.2) is 0 Å². The molecule has 13 N–H and O–H groups in total. The Kier molecular flexibility index (Phi) is 19.3. The van der Waals surface area contributed by atoms with Crippen molar-refractivity contribution in [1.82, 2.24) is 0 Å². The number of esters is 5. The van der Waals surface area contributed by atoms with Crippen LogP contribution < -0.4 is 0 Å². The largest absolute Gasteiger partial charge is 0.478 e. The molecule has 0 amide bonds. The van der Waals surface area contributed by atoms with E-state index in [1.165, 1.54) is 0 Å². The van der Waals surface area contributed by atoms with Gasteiger partial charge in [0, 0.05) is 0 Å². The molecule has 0 radical (unpaired) electrons. The summed E-state index contributed by atoms with van der Waals surface area (Å²) in [7, 11) is 0. The molecule has 0 aromatic heterocycles. The molecule has 0 heterocycles. The van der Waals surface area contributed by atoms with E-state index in [0.29, 0.717) is 19.3 Å². The van der Waals surface area contributed by atoms with E-state index in [1.807, 2.05) is 6.92 Å². The third-order valence-corrected chi connectivity index (χ3v) is 10.7. The van der Waals surface area contributed by atoms with E-state index in [1.54, 1.807) is 0 Å². The highest BCUT2D eigenvalue weighted by Gasteiger charge is 2.47. The van der Waals surface area contributed by atoms with Gasteiger partial charge in [-0.2, -0.15) is 0 Å². The van der Waals surface area contributed by atoms with Crippen molar-refractivity contribution >= 4 is 107 Å².